The van der Waals surface area contributed by atoms with Crippen LogP contribution in [-0.2, 0) is 4.79 Å². The Morgan fingerprint density at radius 2 is 2.21 bits per heavy atom. The lowest BCUT2D eigenvalue weighted by Crippen LogP contribution is -2.12. The Morgan fingerprint density at radius 3 is 2.93 bits per heavy atom. The number of para-hydroxylation sites is 1. The van der Waals surface area contributed by atoms with Crippen LogP contribution in [0.25, 0.3) is 10.9 Å². The maximum absolute atomic E-state index is 10.6. The summed E-state index contributed by atoms with van der Waals surface area (Å²) >= 11 is 1.42. The number of aromatic amines is 1. The zero-order valence-electron chi connectivity index (χ0n) is 7.49. The molecule has 0 fully saturated rings. The number of nitrogens with one attached hydrogen (secondary N) is 1. The summed E-state index contributed by atoms with van der Waals surface area (Å²) in [6.45, 7) is 0. The minimum atomic E-state index is -0.298. The van der Waals surface area contributed by atoms with Gasteiger partial charge in [0.2, 0.25) is 5.91 Å². The van der Waals surface area contributed by atoms with Crippen LogP contribution in [0, 0.1) is 0 Å². The van der Waals surface area contributed by atoms with Gasteiger partial charge in [-0.2, -0.15) is 0 Å². The highest BCUT2D eigenvalue weighted by Gasteiger charge is 2.01. The summed E-state index contributed by atoms with van der Waals surface area (Å²) < 4.78 is 0. The summed E-state index contributed by atoms with van der Waals surface area (Å²) in [6.07, 6.45) is 0. The molecule has 1 heterocycles. The first-order chi connectivity index (χ1) is 6.75. The van der Waals surface area contributed by atoms with Crippen LogP contribution in [0.15, 0.2) is 35.4 Å². The second-order valence-electron chi connectivity index (χ2n) is 2.98. The molecule has 0 aliphatic rings. The number of carbonyl (C=O) groups is 1. The van der Waals surface area contributed by atoms with E-state index in [1.807, 2.05) is 30.3 Å². The van der Waals surface area contributed by atoms with Crippen molar-refractivity contribution in [2.24, 2.45) is 5.73 Å². The molecule has 0 atom stereocenters. The van der Waals surface area contributed by atoms with Crippen molar-refractivity contribution in [3.63, 3.8) is 0 Å². The van der Waals surface area contributed by atoms with Gasteiger partial charge in [-0.1, -0.05) is 30.0 Å². The van der Waals surface area contributed by atoms with Crippen LogP contribution < -0.4 is 5.73 Å². The molecule has 72 valence electrons. The summed E-state index contributed by atoms with van der Waals surface area (Å²) in [5, 5.41) is 2.13. The quantitative estimate of drug-likeness (QED) is 0.751. The van der Waals surface area contributed by atoms with Crippen LogP contribution in [0.2, 0.25) is 0 Å². The highest BCUT2D eigenvalue weighted by molar-refractivity contribution is 7.99. The molecule has 14 heavy (non-hydrogen) atoms. The third-order valence-electron chi connectivity index (χ3n) is 1.88. The van der Waals surface area contributed by atoms with Crippen molar-refractivity contribution in [2.45, 2.75) is 5.03 Å². The number of hydrogen-bond donors (Lipinski definition) is 2. The Balaban J connectivity index is 2.22. The average molecular weight is 206 g/mol. The Bertz CT molecular complexity index is 431. The molecule has 0 bridgehead atoms. The number of benzene rings is 1. The highest BCUT2D eigenvalue weighted by atomic mass is 32.2. The first-order valence-electron chi connectivity index (χ1n) is 4.24. The fraction of sp³-hybridized carbons (Fsp3) is 0.100. The van der Waals surface area contributed by atoms with Gasteiger partial charge >= 0.3 is 0 Å². The normalized spacial score (nSPS) is 10.6. The van der Waals surface area contributed by atoms with Crippen molar-refractivity contribution in [3.05, 3.63) is 30.3 Å². The fourth-order valence-electron chi connectivity index (χ4n) is 1.27. The lowest BCUT2D eigenvalue weighted by Gasteiger charge is -1.92. The number of amides is 1. The maximum atomic E-state index is 10.6. The molecule has 2 rings (SSSR count). The Morgan fingerprint density at radius 1 is 1.43 bits per heavy atom. The van der Waals surface area contributed by atoms with E-state index in [4.69, 9.17) is 5.73 Å². The third kappa shape index (κ3) is 1.90. The number of H-pyrrole nitrogens is 1. The summed E-state index contributed by atoms with van der Waals surface area (Å²) in [5.74, 6) is 0.0148. The van der Waals surface area contributed by atoms with Crippen molar-refractivity contribution < 1.29 is 4.79 Å². The van der Waals surface area contributed by atoms with E-state index in [9.17, 15) is 4.79 Å². The van der Waals surface area contributed by atoms with E-state index < -0.39 is 0 Å². The number of carbonyl (C=O) groups excluding carboxylic acids is 1. The summed E-state index contributed by atoms with van der Waals surface area (Å²) in [5.41, 5.74) is 6.14. The van der Waals surface area contributed by atoms with Gasteiger partial charge in [0, 0.05) is 10.9 Å². The number of nitrogens with two attached hydrogens (primary N) is 1. The van der Waals surface area contributed by atoms with Crippen LogP contribution >= 0.6 is 11.8 Å². The van der Waals surface area contributed by atoms with Gasteiger partial charge in [0.05, 0.1) is 10.8 Å². The third-order valence-corrected chi connectivity index (χ3v) is 2.83. The molecule has 0 unspecified atom stereocenters. The Hall–Kier alpha value is -1.42. The van der Waals surface area contributed by atoms with E-state index >= 15 is 0 Å². The lowest BCUT2D eigenvalue weighted by atomic mass is 10.3. The van der Waals surface area contributed by atoms with E-state index in [0.29, 0.717) is 5.75 Å². The van der Waals surface area contributed by atoms with E-state index in [2.05, 4.69) is 4.98 Å². The molecule has 3 nitrogen and oxygen atoms in total. The lowest BCUT2D eigenvalue weighted by molar-refractivity contribution is -0.115. The molecular weight excluding hydrogens is 196 g/mol. The van der Waals surface area contributed by atoms with Crippen molar-refractivity contribution in [2.75, 3.05) is 5.75 Å². The Labute approximate surface area is 85.7 Å². The van der Waals surface area contributed by atoms with Crippen LogP contribution in [-0.4, -0.2) is 16.6 Å². The summed E-state index contributed by atoms with van der Waals surface area (Å²) in [7, 11) is 0. The predicted octanol–water partition coefficient (Wildman–Crippen LogP) is 1.75. The molecule has 1 aromatic heterocycles. The van der Waals surface area contributed by atoms with E-state index in [0.717, 1.165) is 15.9 Å². The molecule has 0 saturated carbocycles. The SMILES string of the molecule is NC(=O)CSc1cc2ccccc2[nH]1. The molecule has 3 N–H and O–H groups in total. The minimum Gasteiger partial charge on any atom is -0.369 e. The van der Waals surface area contributed by atoms with Crippen molar-refractivity contribution >= 4 is 28.6 Å². The van der Waals surface area contributed by atoms with Gasteiger partial charge in [0.1, 0.15) is 0 Å². The van der Waals surface area contributed by atoms with Gasteiger partial charge in [-0.15, -0.1) is 0 Å². The Kier molecular flexibility index (Phi) is 2.45. The smallest absolute Gasteiger partial charge is 0.227 e. The second kappa shape index (κ2) is 3.75. The average Bonchev–Trinajstić information content (AvgIpc) is 2.57. The largest absolute Gasteiger partial charge is 0.369 e. The monoisotopic (exact) mass is 206 g/mol. The molecular formula is C10H10N2OS. The molecule has 4 heteroatoms. The van der Waals surface area contributed by atoms with Crippen molar-refractivity contribution in [1.29, 1.82) is 0 Å². The van der Waals surface area contributed by atoms with Gasteiger partial charge in [-0.05, 0) is 12.1 Å². The van der Waals surface area contributed by atoms with Crippen LogP contribution in [0.3, 0.4) is 0 Å². The van der Waals surface area contributed by atoms with Gasteiger partial charge in [-0.25, -0.2) is 0 Å². The number of primary amides is 1. The fourth-order valence-corrected chi connectivity index (χ4v) is 1.96. The molecule has 0 saturated heterocycles. The first-order valence-corrected chi connectivity index (χ1v) is 5.23. The molecule has 0 spiro atoms. The van der Waals surface area contributed by atoms with Gasteiger partial charge in [0.15, 0.2) is 0 Å². The minimum absolute atomic E-state index is 0.298. The van der Waals surface area contributed by atoms with E-state index in [1.165, 1.54) is 11.8 Å². The number of hydrogen-bond acceptors (Lipinski definition) is 2. The van der Waals surface area contributed by atoms with Crippen molar-refractivity contribution in [3.8, 4) is 0 Å². The zero-order valence-corrected chi connectivity index (χ0v) is 8.30. The number of thioether (sulfide) groups is 1. The molecule has 1 amide bonds. The number of aromatic nitrogens is 1. The molecule has 0 aliphatic carbocycles. The molecule has 2 aromatic rings. The highest BCUT2D eigenvalue weighted by Crippen LogP contribution is 2.22. The maximum Gasteiger partial charge on any atom is 0.227 e. The molecule has 0 radical (unpaired) electrons. The number of fused-ring (bicyclic) bond motifs is 1. The first kappa shape index (κ1) is 9.15. The second-order valence-corrected chi connectivity index (χ2v) is 3.99. The summed E-state index contributed by atoms with van der Waals surface area (Å²) in [4.78, 5) is 13.8. The van der Waals surface area contributed by atoms with Crippen LogP contribution in [0.4, 0.5) is 0 Å². The van der Waals surface area contributed by atoms with Crippen molar-refractivity contribution in [1.82, 2.24) is 4.98 Å². The van der Waals surface area contributed by atoms with Gasteiger partial charge in [-0.3, -0.25) is 4.79 Å². The zero-order chi connectivity index (χ0) is 9.97. The predicted molar refractivity (Wildman–Crippen MR) is 58.2 cm³/mol. The van der Waals surface area contributed by atoms with Crippen LogP contribution in [0.5, 0.6) is 0 Å². The molecule has 0 aliphatic heterocycles. The van der Waals surface area contributed by atoms with Gasteiger partial charge < -0.3 is 10.7 Å². The van der Waals surface area contributed by atoms with Crippen LogP contribution in [0.1, 0.15) is 0 Å². The summed E-state index contributed by atoms with van der Waals surface area (Å²) in [6, 6.07) is 10.0. The van der Waals surface area contributed by atoms with E-state index in [-0.39, 0.29) is 5.91 Å². The molecule has 1 aromatic carbocycles. The number of rotatable bonds is 3. The topological polar surface area (TPSA) is 58.9 Å². The standard InChI is InChI=1S/C10H10N2OS/c11-9(13)6-14-10-5-7-3-1-2-4-8(7)12-10/h1-5,12H,6H2,(H2,11,13). The van der Waals surface area contributed by atoms with E-state index in [1.54, 1.807) is 0 Å². The van der Waals surface area contributed by atoms with Gasteiger partial charge in [0.25, 0.3) is 0 Å².